The number of thiophene rings is 2. The molecule has 0 bridgehead atoms. The third-order valence-electron chi connectivity index (χ3n) is 9.38. The number of allylic oxidation sites excluding steroid dienone is 1. The van der Waals surface area contributed by atoms with Crippen molar-refractivity contribution in [1.82, 2.24) is 50.0 Å². The van der Waals surface area contributed by atoms with Crippen LogP contribution in [0.5, 0.6) is 0 Å². The summed E-state index contributed by atoms with van der Waals surface area (Å²) in [5, 5.41) is 30.9. The second-order valence-corrected chi connectivity index (χ2v) is 26.7. The molecular formula is C64H85N11O3S6Y6-6. The Kier molecular flexibility index (Phi) is 66.5. The number of rotatable bonds is 0. The van der Waals surface area contributed by atoms with E-state index >= 15 is 0 Å². The number of aryl methyl sites for hydroxylation is 22. The predicted octanol–water partition coefficient (Wildman–Crippen LogP) is 18.5. The molecule has 0 fully saturated rings. The maximum Gasteiger partial charge on any atom is 0.133 e. The van der Waals surface area contributed by atoms with Crippen LogP contribution in [0.2, 0.25) is 0 Å². The van der Waals surface area contributed by atoms with Crippen LogP contribution in [0.15, 0.2) is 89.5 Å². The van der Waals surface area contributed by atoms with Crippen molar-refractivity contribution in [2.24, 2.45) is 4.99 Å². The molecule has 90 heavy (non-hydrogen) atoms. The Bertz CT molecular complexity index is 2600. The number of hydrogen-bond donors (Lipinski definition) is 0. The molecule has 0 saturated carbocycles. The van der Waals surface area contributed by atoms with Crippen molar-refractivity contribution < 1.29 is 210 Å². The summed E-state index contributed by atoms with van der Waals surface area (Å²) in [4.78, 5) is 22.5. The van der Waals surface area contributed by atoms with Crippen LogP contribution in [-0.4, -0.2) is 45.7 Å². The molecular weight excluding hydrogens is 1700 g/mol. The zero-order chi connectivity index (χ0) is 63.3. The number of hydrogen-bond acceptors (Lipinski definition) is 18. The van der Waals surface area contributed by atoms with Gasteiger partial charge in [0.15, 0.2) is 0 Å². The minimum Gasteiger partial charge on any atom is -0.668 e. The molecule has 1 aliphatic heterocycles. The monoisotopic (exact) mass is 1780 g/mol. The molecule has 26 heteroatoms. The molecule has 0 saturated heterocycles. The quantitative estimate of drug-likeness (QED) is 0.131. The molecule has 14 nitrogen and oxygen atoms in total. The first-order chi connectivity index (χ1) is 39.5. The molecule has 11 aromatic heterocycles. The van der Waals surface area contributed by atoms with Crippen LogP contribution in [0.4, 0.5) is 0 Å². The SMILES string of the molecule is CC1=[C-]N=C(C)C1.Cc1[c-]c(C)sn1.Cc1[c-]nc(C)s1.Cc1[c-]oc(C)c1.Cc1c[n-]c(C)c1.Cc1cc(C)[n-]n1.Cc1cc(C)on1.Cc1cc(C)on1.Cc1ccc(C)s1.Cc1csc(C)c1.Cc1csc(C)n1.Cc1nnc(C)s1.[Y].[Y].[Y].[Y].[Y].[Y]. The molecule has 0 spiro atoms. The average Bonchev–Trinajstić information content (AvgIpc) is 4.22. The fourth-order valence-corrected chi connectivity index (χ4v) is 9.94. The molecule has 0 N–H and O–H groups in total. The molecule has 0 aliphatic carbocycles. The van der Waals surface area contributed by atoms with E-state index in [0.717, 1.165) is 98.9 Å². The van der Waals surface area contributed by atoms with Crippen LogP contribution in [-0.2, 0) is 196 Å². The van der Waals surface area contributed by atoms with Crippen molar-refractivity contribution in [1.29, 1.82) is 0 Å². The van der Waals surface area contributed by atoms with Gasteiger partial charge in [0.05, 0.1) is 16.4 Å². The van der Waals surface area contributed by atoms with Gasteiger partial charge in [0.2, 0.25) is 0 Å². The Hall–Kier alpha value is 0.0734. The number of furan rings is 1. The molecule has 11 aromatic rings. The summed E-state index contributed by atoms with van der Waals surface area (Å²) in [6.45, 7) is 47.7. The summed E-state index contributed by atoms with van der Waals surface area (Å²) < 4.78 is 18.3. The molecule has 6 radical (unpaired) electrons. The van der Waals surface area contributed by atoms with E-state index in [1.165, 1.54) is 48.6 Å². The molecule has 12 heterocycles. The van der Waals surface area contributed by atoms with E-state index in [-0.39, 0.29) is 196 Å². The van der Waals surface area contributed by atoms with E-state index in [0.29, 0.717) is 0 Å². The molecule has 1 aliphatic rings. The fourth-order valence-electron chi connectivity index (χ4n) is 6.15. The Morgan fingerprint density at radius 1 is 0.500 bits per heavy atom. The topological polar surface area (TPSA) is 183 Å². The van der Waals surface area contributed by atoms with Gasteiger partial charge in [-0.25, -0.2) is 20.7 Å². The first-order valence-electron chi connectivity index (χ1n) is 26.7. The van der Waals surface area contributed by atoms with Gasteiger partial charge in [0.25, 0.3) is 0 Å². The van der Waals surface area contributed by atoms with Crippen LogP contribution < -0.4 is 10.1 Å². The van der Waals surface area contributed by atoms with Gasteiger partial charge in [-0.05, 0) is 139 Å². The summed E-state index contributed by atoms with van der Waals surface area (Å²) in [5.41, 5.74) is 13.2. The second kappa shape index (κ2) is 59.2. The third kappa shape index (κ3) is 57.2. The van der Waals surface area contributed by atoms with Crippen LogP contribution in [0.1, 0.15) is 139 Å². The number of aromatic nitrogens is 10. The normalized spacial score (nSPS) is 9.56. The fraction of sp³-hybridized carbons (Fsp3) is 0.391. The Morgan fingerprint density at radius 2 is 1.07 bits per heavy atom. The summed E-state index contributed by atoms with van der Waals surface area (Å²) in [6.07, 6.45) is 11.3. The average molecular weight is 1780 g/mol. The van der Waals surface area contributed by atoms with Crippen molar-refractivity contribution in [3.8, 4) is 0 Å². The van der Waals surface area contributed by atoms with Gasteiger partial charge < -0.3 is 44.7 Å². The summed E-state index contributed by atoms with van der Waals surface area (Å²) in [5.74, 6) is 2.67. The molecule has 0 atom stereocenters. The summed E-state index contributed by atoms with van der Waals surface area (Å²) in [6, 6.07) is 19.2. The van der Waals surface area contributed by atoms with E-state index < -0.39 is 0 Å². The standard InChI is InChI=1S/2C6H8N.C6H7O.2C6H8S.C5H7N2.2C5H7NO.C5H7NS.2C5H6NS.C4H6N2S.6Y/c4*1-5-3-6(2)7-4-5;1-5-3-4-6(2)7-5;3*1-4-3-5(2)7-6-4;1-4-3-7-5(2)6-4;1-4-3-6-5(2)7-4;1-4-3-5(2)7-6-4;1-3-5-6-4(2)7-3;;;;;;/h3H2,1-2H3;3-4H,1-2H3;3H,1-2H3;2*3-4H,1-2H3;4*3H,1-2H3;3*1-2H3;;;;;;/q3*-1;;;-1;;;;2*-1;;;;;;;. The van der Waals surface area contributed by atoms with Crippen LogP contribution >= 0.6 is 68.2 Å². The predicted molar refractivity (Wildman–Crippen MR) is 355 cm³/mol. The van der Waals surface area contributed by atoms with E-state index in [2.05, 4.69) is 142 Å². The summed E-state index contributed by atoms with van der Waals surface area (Å²) >= 11 is 10.1. The zero-order valence-corrected chi connectivity index (χ0v) is 79.0. The largest absolute Gasteiger partial charge is 0.668 e. The number of thiazole rings is 2. The minimum atomic E-state index is 0. The Morgan fingerprint density at radius 3 is 1.19 bits per heavy atom. The van der Waals surface area contributed by atoms with E-state index in [9.17, 15) is 0 Å². The smallest absolute Gasteiger partial charge is 0.133 e. The van der Waals surface area contributed by atoms with Crippen molar-refractivity contribution in [2.45, 2.75) is 173 Å². The van der Waals surface area contributed by atoms with Crippen LogP contribution in [0.3, 0.4) is 0 Å². The maximum atomic E-state index is 4.84. The molecule has 0 unspecified atom stereocenters. The Balaban J connectivity index is -0.000000213. The molecule has 0 aromatic carbocycles. The van der Waals surface area contributed by atoms with E-state index in [4.69, 9.17) is 13.5 Å². The minimum absolute atomic E-state index is 0. The van der Waals surface area contributed by atoms with Gasteiger partial charge in [0, 0.05) is 240 Å². The first-order valence-corrected chi connectivity index (χ1v) is 31.6. The Labute approximate surface area is 713 Å². The van der Waals surface area contributed by atoms with Gasteiger partial charge in [-0.1, -0.05) is 124 Å². The number of nitrogens with zero attached hydrogens (tertiary/aromatic N) is 11. The number of aliphatic imine (C=N–C) groups is 1. The van der Waals surface area contributed by atoms with Crippen molar-refractivity contribution in [3.63, 3.8) is 0 Å². The van der Waals surface area contributed by atoms with Gasteiger partial charge in [-0.15, -0.1) is 84.4 Å². The molecule has 0 amide bonds. The second-order valence-electron chi connectivity index (χ2n) is 19.2. The van der Waals surface area contributed by atoms with Crippen molar-refractivity contribution >= 4 is 73.9 Å². The van der Waals surface area contributed by atoms with E-state index in [1.807, 2.05) is 180 Å². The third-order valence-corrected chi connectivity index (χ3v) is 14.4. The van der Waals surface area contributed by atoms with Crippen LogP contribution in [0, 0.1) is 177 Å². The van der Waals surface area contributed by atoms with Gasteiger partial charge >= 0.3 is 0 Å². The van der Waals surface area contributed by atoms with Crippen molar-refractivity contribution in [3.05, 3.63) is 214 Å². The summed E-state index contributed by atoms with van der Waals surface area (Å²) in [7, 11) is 0. The van der Waals surface area contributed by atoms with Crippen LogP contribution in [0.25, 0.3) is 0 Å². The first kappa shape index (κ1) is 101. The molecule has 474 valence electrons. The van der Waals surface area contributed by atoms with Gasteiger partial charge in [-0.3, -0.25) is 0 Å². The van der Waals surface area contributed by atoms with Gasteiger partial charge in [0.1, 0.15) is 21.5 Å². The van der Waals surface area contributed by atoms with Gasteiger partial charge in [-0.2, -0.15) is 34.6 Å². The maximum absolute atomic E-state index is 4.84. The van der Waals surface area contributed by atoms with E-state index in [1.54, 1.807) is 45.3 Å². The molecule has 12 rings (SSSR count). The van der Waals surface area contributed by atoms with Crippen molar-refractivity contribution in [2.75, 3.05) is 0 Å². The zero-order valence-electron chi connectivity index (χ0n) is 57.1.